The summed E-state index contributed by atoms with van der Waals surface area (Å²) in [6.07, 6.45) is 2.14. The van der Waals surface area contributed by atoms with Crippen molar-refractivity contribution in [3.63, 3.8) is 0 Å². The summed E-state index contributed by atoms with van der Waals surface area (Å²) < 4.78 is 4.82. The highest BCUT2D eigenvalue weighted by molar-refractivity contribution is 5.75. The van der Waals surface area contributed by atoms with Crippen LogP contribution in [0.2, 0.25) is 0 Å². The number of carboxylic acids is 1. The second-order valence-electron chi connectivity index (χ2n) is 4.64. The van der Waals surface area contributed by atoms with Crippen LogP contribution >= 0.6 is 0 Å². The van der Waals surface area contributed by atoms with Gasteiger partial charge >= 0.3 is 5.97 Å². The maximum atomic E-state index is 11.5. The van der Waals surface area contributed by atoms with Gasteiger partial charge in [-0.2, -0.15) is 0 Å². The molecule has 0 aliphatic carbocycles. The summed E-state index contributed by atoms with van der Waals surface area (Å²) in [5.74, 6) is -1.04. The van der Waals surface area contributed by atoms with E-state index in [-0.39, 0.29) is 19.1 Å². The molecule has 1 aromatic carbocycles. The summed E-state index contributed by atoms with van der Waals surface area (Å²) >= 11 is 0. The van der Waals surface area contributed by atoms with Crippen LogP contribution in [-0.4, -0.2) is 36.7 Å². The molecule has 1 amide bonds. The van der Waals surface area contributed by atoms with Crippen LogP contribution in [0.1, 0.15) is 24.0 Å². The SMILES string of the molecule is Cc1ccc(CCCC(=O)NCCOCC(=O)O)cc1. The van der Waals surface area contributed by atoms with Gasteiger partial charge in [0.05, 0.1) is 6.61 Å². The van der Waals surface area contributed by atoms with E-state index in [1.165, 1.54) is 11.1 Å². The Balaban J connectivity index is 2.05. The zero-order valence-electron chi connectivity index (χ0n) is 11.7. The molecule has 5 heteroatoms. The molecule has 2 N–H and O–H groups in total. The number of nitrogens with one attached hydrogen (secondary N) is 1. The second kappa shape index (κ2) is 9.09. The first-order valence-electron chi connectivity index (χ1n) is 6.69. The minimum Gasteiger partial charge on any atom is -0.480 e. The Bertz CT molecular complexity index is 428. The standard InChI is InChI=1S/C15H21NO4/c1-12-5-7-13(8-6-12)3-2-4-14(17)16-9-10-20-11-15(18)19/h5-8H,2-4,9-11H2,1H3,(H,16,17)(H,18,19). The number of hydrogen-bond acceptors (Lipinski definition) is 3. The summed E-state index contributed by atoms with van der Waals surface area (Å²) in [7, 11) is 0. The number of ether oxygens (including phenoxy) is 1. The quantitative estimate of drug-likeness (QED) is 0.672. The predicted octanol–water partition coefficient (Wildman–Crippen LogP) is 1.54. The molecule has 0 unspecified atom stereocenters. The lowest BCUT2D eigenvalue weighted by atomic mass is 10.1. The van der Waals surface area contributed by atoms with Crippen LogP contribution < -0.4 is 5.32 Å². The van der Waals surface area contributed by atoms with Crippen LogP contribution in [0.5, 0.6) is 0 Å². The predicted molar refractivity (Wildman–Crippen MR) is 75.6 cm³/mol. The van der Waals surface area contributed by atoms with Gasteiger partial charge in [0.2, 0.25) is 5.91 Å². The number of aliphatic carboxylic acids is 1. The van der Waals surface area contributed by atoms with Crippen LogP contribution in [-0.2, 0) is 20.7 Å². The number of benzene rings is 1. The molecule has 0 atom stereocenters. The molecule has 0 heterocycles. The molecule has 0 spiro atoms. The van der Waals surface area contributed by atoms with Crippen LogP contribution in [0.4, 0.5) is 0 Å². The number of carbonyl (C=O) groups is 2. The molecule has 0 saturated heterocycles. The van der Waals surface area contributed by atoms with E-state index < -0.39 is 5.97 Å². The minimum absolute atomic E-state index is 0.0314. The van der Waals surface area contributed by atoms with Gasteiger partial charge in [-0.15, -0.1) is 0 Å². The van der Waals surface area contributed by atoms with Crippen molar-refractivity contribution in [1.82, 2.24) is 5.32 Å². The average Bonchev–Trinajstić information content (AvgIpc) is 2.40. The highest BCUT2D eigenvalue weighted by atomic mass is 16.5. The van der Waals surface area contributed by atoms with E-state index in [4.69, 9.17) is 9.84 Å². The molecule has 0 aromatic heterocycles. The minimum atomic E-state index is -1.01. The molecule has 1 rings (SSSR count). The Morgan fingerprint density at radius 3 is 2.60 bits per heavy atom. The Morgan fingerprint density at radius 2 is 1.95 bits per heavy atom. The Kier molecular flexibility index (Phi) is 7.35. The lowest BCUT2D eigenvalue weighted by Crippen LogP contribution is -2.27. The van der Waals surface area contributed by atoms with E-state index in [0.29, 0.717) is 13.0 Å². The van der Waals surface area contributed by atoms with Crippen LogP contribution in [0.3, 0.4) is 0 Å². The smallest absolute Gasteiger partial charge is 0.329 e. The summed E-state index contributed by atoms with van der Waals surface area (Å²) in [4.78, 5) is 21.7. The highest BCUT2D eigenvalue weighted by Crippen LogP contribution is 2.07. The molecular weight excluding hydrogens is 258 g/mol. The van der Waals surface area contributed by atoms with E-state index >= 15 is 0 Å². The maximum absolute atomic E-state index is 11.5. The largest absolute Gasteiger partial charge is 0.480 e. The Hall–Kier alpha value is -1.88. The lowest BCUT2D eigenvalue weighted by Gasteiger charge is -2.05. The summed E-state index contributed by atoms with van der Waals surface area (Å²) in [5, 5.41) is 11.0. The molecule has 20 heavy (non-hydrogen) atoms. The average molecular weight is 279 g/mol. The maximum Gasteiger partial charge on any atom is 0.329 e. The molecule has 0 radical (unpaired) electrons. The van der Waals surface area contributed by atoms with Crippen molar-refractivity contribution in [3.8, 4) is 0 Å². The van der Waals surface area contributed by atoms with Gasteiger partial charge in [0.25, 0.3) is 0 Å². The van der Waals surface area contributed by atoms with E-state index in [2.05, 4.69) is 29.6 Å². The number of hydrogen-bond donors (Lipinski definition) is 2. The number of aryl methyl sites for hydroxylation is 2. The van der Waals surface area contributed by atoms with Gasteiger partial charge in [0, 0.05) is 13.0 Å². The molecule has 110 valence electrons. The van der Waals surface area contributed by atoms with E-state index in [1.54, 1.807) is 0 Å². The van der Waals surface area contributed by atoms with Crippen molar-refractivity contribution < 1.29 is 19.4 Å². The molecule has 0 bridgehead atoms. The van der Waals surface area contributed by atoms with Gasteiger partial charge in [-0.1, -0.05) is 29.8 Å². The monoisotopic (exact) mass is 279 g/mol. The molecule has 0 saturated carbocycles. The van der Waals surface area contributed by atoms with Crippen molar-refractivity contribution in [1.29, 1.82) is 0 Å². The van der Waals surface area contributed by atoms with E-state index in [9.17, 15) is 9.59 Å². The zero-order chi connectivity index (χ0) is 14.8. The van der Waals surface area contributed by atoms with Gasteiger partial charge in [-0.3, -0.25) is 4.79 Å². The fourth-order valence-electron chi connectivity index (χ4n) is 1.72. The third-order valence-corrected chi connectivity index (χ3v) is 2.78. The first-order valence-corrected chi connectivity index (χ1v) is 6.69. The molecule has 0 aliphatic rings. The molecule has 5 nitrogen and oxygen atoms in total. The summed E-state index contributed by atoms with van der Waals surface area (Å²) in [6.45, 7) is 2.28. The highest BCUT2D eigenvalue weighted by Gasteiger charge is 2.02. The topological polar surface area (TPSA) is 75.6 Å². The first-order chi connectivity index (χ1) is 9.58. The number of carbonyl (C=O) groups excluding carboxylic acids is 1. The normalized spacial score (nSPS) is 10.2. The van der Waals surface area contributed by atoms with Gasteiger partial charge in [-0.05, 0) is 25.3 Å². The first kappa shape index (κ1) is 16.2. The summed E-state index contributed by atoms with van der Waals surface area (Å²) in [5.41, 5.74) is 2.46. The fraction of sp³-hybridized carbons (Fsp3) is 0.467. The van der Waals surface area contributed by atoms with Crippen LogP contribution in [0.25, 0.3) is 0 Å². The van der Waals surface area contributed by atoms with E-state index in [1.807, 2.05) is 6.92 Å². The van der Waals surface area contributed by atoms with Gasteiger partial charge in [0.1, 0.15) is 6.61 Å². The second-order valence-corrected chi connectivity index (χ2v) is 4.64. The van der Waals surface area contributed by atoms with Crippen molar-refractivity contribution >= 4 is 11.9 Å². The molecule has 0 aliphatic heterocycles. The van der Waals surface area contributed by atoms with Crippen molar-refractivity contribution in [3.05, 3.63) is 35.4 Å². The van der Waals surface area contributed by atoms with Gasteiger partial charge < -0.3 is 15.2 Å². The van der Waals surface area contributed by atoms with Crippen LogP contribution in [0.15, 0.2) is 24.3 Å². The molecule has 1 aromatic rings. The van der Waals surface area contributed by atoms with Gasteiger partial charge in [0.15, 0.2) is 0 Å². The molecular formula is C15H21NO4. The Labute approximate surface area is 118 Å². The number of rotatable bonds is 9. The third kappa shape index (κ3) is 7.53. The van der Waals surface area contributed by atoms with Crippen molar-refractivity contribution in [2.75, 3.05) is 19.8 Å². The van der Waals surface area contributed by atoms with Crippen molar-refractivity contribution in [2.24, 2.45) is 0 Å². The van der Waals surface area contributed by atoms with Gasteiger partial charge in [-0.25, -0.2) is 4.79 Å². The Morgan fingerprint density at radius 1 is 1.25 bits per heavy atom. The molecule has 0 fully saturated rings. The number of amides is 1. The third-order valence-electron chi connectivity index (χ3n) is 2.78. The van der Waals surface area contributed by atoms with Crippen LogP contribution in [0, 0.1) is 6.92 Å². The van der Waals surface area contributed by atoms with Crippen molar-refractivity contribution in [2.45, 2.75) is 26.2 Å². The number of carboxylic acid groups (broad SMARTS) is 1. The van der Waals surface area contributed by atoms with E-state index in [0.717, 1.165) is 12.8 Å². The zero-order valence-corrected chi connectivity index (χ0v) is 11.7. The summed E-state index contributed by atoms with van der Waals surface area (Å²) in [6, 6.07) is 8.28. The fourth-order valence-corrected chi connectivity index (χ4v) is 1.72. The lowest BCUT2D eigenvalue weighted by molar-refractivity contribution is -0.142.